The molecule has 162 valence electrons. The van der Waals surface area contributed by atoms with E-state index >= 15 is 0 Å². The first-order valence-corrected chi connectivity index (χ1v) is 11.0. The van der Waals surface area contributed by atoms with E-state index in [1.54, 1.807) is 0 Å². The van der Waals surface area contributed by atoms with Gasteiger partial charge in [-0.2, -0.15) is 9.57 Å². The maximum Gasteiger partial charge on any atom is 0.340 e. The lowest BCUT2D eigenvalue weighted by molar-refractivity contribution is -0.119. The number of esters is 1. The second-order valence-corrected chi connectivity index (χ2v) is 8.82. The van der Waals surface area contributed by atoms with Crippen LogP contribution in [0.1, 0.15) is 15.9 Å². The topological polar surface area (TPSA) is 126 Å². The number of anilines is 1. The Morgan fingerprint density at radius 1 is 1.16 bits per heavy atom. The van der Waals surface area contributed by atoms with Crippen molar-refractivity contribution in [3.63, 3.8) is 0 Å². The molecule has 0 spiro atoms. The molecule has 0 unspecified atom stereocenters. The van der Waals surface area contributed by atoms with E-state index in [1.165, 1.54) is 40.7 Å². The molecule has 1 N–H and O–H groups in total. The standard InChI is InChI=1S/C20H18ClN3O6S/c21-18-6-5-16(31(27,28)24-7-9-29-10-8-24)11-17(18)20(26)30-13-19(25)23-15-3-1-14(12-22)2-4-15/h1-6,11H,7-10,13H2,(H,23,25). The highest BCUT2D eigenvalue weighted by Crippen LogP contribution is 2.24. The zero-order chi connectivity index (χ0) is 22.4. The van der Waals surface area contributed by atoms with Gasteiger partial charge in [0.2, 0.25) is 10.0 Å². The summed E-state index contributed by atoms with van der Waals surface area (Å²) in [7, 11) is -3.83. The third kappa shape index (κ3) is 5.59. The van der Waals surface area contributed by atoms with Gasteiger partial charge in [-0.25, -0.2) is 13.2 Å². The van der Waals surface area contributed by atoms with Crippen molar-refractivity contribution >= 4 is 39.2 Å². The number of ether oxygens (including phenoxy) is 2. The van der Waals surface area contributed by atoms with Crippen molar-refractivity contribution in [1.29, 1.82) is 5.26 Å². The summed E-state index contributed by atoms with van der Waals surface area (Å²) in [5.41, 5.74) is 0.699. The summed E-state index contributed by atoms with van der Waals surface area (Å²) in [5, 5.41) is 11.3. The largest absolute Gasteiger partial charge is 0.452 e. The van der Waals surface area contributed by atoms with Crippen molar-refractivity contribution < 1.29 is 27.5 Å². The molecule has 1 saturated heterocycles. The highest BCUT2D eigenvalue weighted by Gasteiger charge is 2.28. The normalized spacial score (nSPS) is 14.5. The number of benzene rings is 2. The van der Waals surface area contributed by atoms with Crippen LogP contribution in [-0.2, 0) is 24.3 Å². The number of nitrogens with one attached hydrogen (secondary N) is 1. The predicted octanol–water partition coefficient (Wildman–Crippen LogP) is 2.03. The Balaban J connectivity index is 1.66. The first kappa shape index (κ1) is 22.7. The summed E-state index contributed by atoms with van der Waals surface area (Å²) in [6.45, 7) is 0.391. The minimum atomic E-state index is -3.83. The van der Waals surface area contributed by atoms with Crippen LogP contribution in [0.25, 0.3) is 0 Å². The van der Waals surface area contributed by atoms with Crippen LogP contribution in [0, 0.1) is 11.3 Å². The third-order valence-electron chi connectivity index (χ3n) is 4.40. The SMILES string of the molecule is N#Cc1ccc(NC(=O)COC(=O)c2cc(S(=O)(=O)N3CCOCC3)ccc2Cl)cc1. The van der Waals surface area contributed by atoms with E-state index in [0.29, 0.717) is 11.3 Å². The maximum absolute atomic E-state index is 12.8. The zero-order valence-corrected chi connectivity index (χ0v) is 17.8. The molecular weight excluding hydrogens is 446 g/mol. The molecule has 1 fully saturated rings. The van der Waals surface area contributed by atoms with Gasteiger partial charge in [-0.05, 0) is 42.5 Å². The predicted molar refractivity (Wildman–Crippen MR) is 111 cm³/mol. The number of rotatable bonds is 6. The minimum Gasteiger partial charge on any atom is -0.452 e. The number of nitrogens with zero attached hydrogens (tertiary/aromatic N) is 2. The van der Waals surface area contributed by atoms with Gasteiger partial charge in [-0.3, -0.25) is 4.79 Å². The van der Waals surface area contributed by atoms with Crippen LogP contribution in [0.2, 0.25) is 5.02 Å². The molecule has 11 heteroatoms. The average Bonchev–Trinajstić information content (AvgIpc) is 2.78. The fraction of sp³-hybridized carbons (Fsp3) is 0.250. The Labute approximate surface area is 184 Å². The molecule has 0 aliphatic carbocycles. The van der Waals surface area contributed by atoms with Crippen molar-refractivity contribution in [2.45, 2.75) is 4.90 Å². The number of amides is 1. The van der Waals surface area contributed by atoms with Gasteiger partial charge in [0.1, 0.15) is 0 Å². The van der Waals surface area contributed by atoms with Gasteiger partial charge in [0.25, 0.3) is 5.91 Å². The molecule has 0 bridgehead atoms. The van der Waals surface area contributed by atoms with Gasteiger partial charge in [0, 0.05) is 18.8 Å². The molecular formula is C20H18ClN3O6S. The van der Waals surface area contributed by atoms with Gasteiger partial charge >= 0.3 is 5.97 Å². The zero-order valence-electron chi connectivity index (χ0n) is 16.2. The Morgan fingerprint density at radius 3 is 2.48 bits per heavy atom. The smallest absolute Gasteiger partial charge is 0.340 e. The molecule has 2 aromatic rings. The summed E-state index contributed by atoms with van der Waals surface area (Å²) in [6.07, 6.45) is 0. The molecule has 1 amide bonds. The Kier molecular flexibility index (Phi) is 7.25. The number of sulfonamides is 1. The lowest BCUT2D eigenvalue weighted by atomic mass is 10.2. The van der Waals surface area contributed by atoms with E-state index in [9.17, 15) is 18.0 Å². The number of halogens is 1. The number of carbonyl (C=O) groups is 2. The van der Waals surface area contributed by atoms with Crippen LogP contribution in [0.15, 0.2) is 47.4 Å². The number of carbonyl (C=O) groups excluding carboxylic acids is 2. The van der Waals surface area contributed by atoms with Crippen molar-refractivity contribution in [3.8, 4) is 6.07 Å². The third-order valence-corrected chi connectivity index (χ3v) is 6.62. The Morgan fingerprint density at radius 2 is 1.84 bits per heavy atom. The van der Waals surface area contributed by atoms with Gasteiger partial charge in [0.15, 0.2) is 6.61 Å². The highest BCUT2D eigenvalue weighted by atomic mass is 35.5. The number of nitriles is 1. The highest BCUT2D eigenvalue weighted by molar-refractivity contribution is 7.89. The molecule has 0 saturated carbocycles. The van der Waals surface area contributed by atoms with E-state index in [2.05, 4.69) is 5.32 Å². The van der Waals surface area contributed by atoms with Gasteiger partial charge in [-0.15, -0.1) is 0 Å². The van der Waals surface area contributed by atoms with E-state index in [1.807, 2.05) is 6.07 Å². The van der Waals surface area contributed by atoms with Crippen LogP contribution in [0.4, 0.5) is 5.69 Å². The Hall–Kier alpha value is -2.97. The van der Waals surface area contributed by atoms with Gasteiger partial charge in [-0.1, -0.05) is 11.6 Å². The maximum atomic E-state index is 12.8. The fourth-order valence-corrected chi connectivity index (χ4v) is 4.42. The van der Waals surface area contributed by atoms with E-state index in [0.717, 1.165) is 6.07 Å². The van der Waals surface area contributed by atoms with Crippen LogP contribution in [0.5, 0.6) is 0 Å². The first-order valence-electron chi connectivity index (χ1n) is 9.16. The van der Waals surface area contributed by atoms with Crippen molar-refractivity contribution in [3.05, 3.63) is 58.6 Å². The second-order valence-electron chi connectivity index (χ2n) is 6.47. The van der Waals surface area contributed by atoms with Crippen LogP contribution in [0.3, 0.4) is 0 Å². The summed E-state index contributed by atoms with van der Waals surface area (Å²) in [5.74, 6) is -1.54. The Bertz CT molecular complexity index is 1120. The fourth-order valence-electron chi connectivity index (χ4n) is 2.79. The lowest BCUT2D eigenvalue weighted by Gasteiger charge is -2.26. The summed E-state index contributed by atoms with van der Waals surface area (Å²) in [6, 6.07) is 11.8. The summed E-state index contributed by atoms with van der Waals surface area (Å²) >= 11 is 6.04. The quantitative estimate of drug-likeness (QED) is 0.649. The van der Waals surface area contributed by atoms with Crippen LogP contribution >= 0.6 is 11.6 Å². The van der Waals surface area contributed by atoms with E-state index in [-0.39, 0.29) is 41.8 Å². The first-order chi connectivity index (χ1) is 14.8. The van der Waals surface area contributed by atoms with Crippen LogP contribution in [-0.4, -0.2) is 57.5 Å². The minimum absolute atomic E-state index is 0.00146. The van der Waals surface area contributed by atoms with Crippen molar-refractivity contribution in [1.82, 2.24) is 4.31 Å². The molecule has 9 nitrogen and oxygen atoms in total. The van der Waals surface area contributed by atoms with E-state index < -0.39 is 28.5 Å². The van der Waals surface area contributed by atoms with Crippen LogP contribution < -0.4 is 5.32 Å². The second kappa shape index (κ2) is 9.89. The monoisotopic (exact) mass is 463 g/mol. The summed E-state index contributed by atoms with van der Waals surface area (Å²) < 4.78 is 37.0. The molecule has 1 aliphatic rings. The van der Waals surface area contributed by atoms with Crippen molar-refractivity contribution in [2.24, 2.45) is 0 Å². The van der Waals surface area contributed by atoms with E-state index in [4.69, 9.17) is 26.3 Å². The molecule has 0 atom stereocenters. The average molecular weight is 464 g/mol. The molecule has 1 heterocycles. The lowest BCUT2D eigenvalue weighted by Crippen LogP contribution is -2.40. The molecule has 0 radical (unpaired) electrons. The molecule has 3 rings (SSSR count). The van der Waals surface area contributed by atoms with Gasteiger partial charge in [0.05, 0.1) is 40.3 Å². The molecule has 1 aliphatic heterocycles. The number of hydrogen-bond donors (Lipinski definition) is 1. The number of hydrogen-bond acceptors (Lipinski definition) is 7. The number of morpholine rings is 1. The molecule has 0 aromatic heterocycles. The van der Waals surface area contributed by atoms with Gasteiger partial charge < -0.3 is 14.8 Å². The molecule has 2 aromatic carbocycles. The van der Waals surface area contributed by atoms with Crippen molar-refractivity contribution in [2.75, 3.05) is 38.2 Å². The summed E-state index contributed by atoms with van der Waals surface area (Å²) in [4.78, 5) is 24.3. The molecule has 31 heavy (non-hydrogen) atoms.